The van der Waals surface area contributed by atoms with Gasteiger partial charge in [-0.2, -0.15) is 0 Å². The molecule has 3 N–H and O–H groups in total. The largest absolute Gasteiger partial charge is 0.352 e. The predicted octanol–water partition coefficient (Wildman–Crippen LogP) is -0.0659. The van der Waals surface area contributed by atoms with Crippen LogP contribution in [0.5, 0.6) is 0 Å². The average Bonchev–Trinajstić information content (AvgIpc) is 2.90. The Kier molecular flexibility index (Phi) is 4.35. The summed E-state index contributed by atoms with van der Waals surface area (Å²) >= 11 is 0. The van der Waals surface area contributed by atoms with E-state index >= 15 is 0 Å². The lowest BCUT2D eigenvalue weighted by Crippen LogP contribution is -2.44. The molecule has 0 heterocycles. The highest BCUT2D eigenvalue weighted by molar-refractivity contribution is 5.78. The molecule has 4 nitrogen and oxygen atoms in total. The predicted molar refractivity (Wildman–Crippen MR) is 56.9 cm³/mol. The summed E-state index contributed by atoms with van der Waals surface area (Å²) in [6, 6.07) is 0.772. The van der Waals surface area contributed by atoms with Crippen molar-refractivity contribution in [2.24, 2.45) is 5.73 Å². The van der Waals surface area contributed by atoms with E-state index in [2.05, 4.69) is 12.2 Å². The summed E-state index contributed by atoms with van der Waals surface area (Å²) in [4.78, 5) is 13.5. The highest BCUT2D eigenvalue weighted by Crippen LogP contribution is 2.18. The monoisotopic (exact) mass is 199 g/mol. The smallest absolute Gasteiger partial charge is 0.234 e. The molecule has 0 aliphatic heterocycles. The van der Waals surface area contributed by atoms with Crippen molar-refractivity contribution in [3.8, 4) is 0 Å². The van der Waals surface area contributed by atoms with Crippen LogP contribution in [-0.2, 0) is 4.79 Å². The highest BCUT2D eigenvalue weighted by atomic mass is 16.2. The summed E-state index contributed by atoms with van der Waals surface area (Å²) in [5, 5.41) is 2.97. The van der Waals surface area contributed by atoms with Gasteiger partial charge < -0.3 is 11.1 Å². The van der Waals surface area contributed by atoms with Crippen molar-refractivity contribution < 1.29 is 4.79 Å². The Morgan fingerprint density at radius 2 is 2.29 bits per heavy atom. The Bertz CT molecular complexity index is 188. The maximum atomic E-state index is 11.4. The minimum atomic E-state index is 0.127. The second-order valence-corrected chi connectivity index (χ2v) is 4.05. The van der Waals surface area contributed by atoms with Crippen LogP contribution in [-0.4, -0.2) is 43.0 Å². The molecule has 0 aromatic heterocycles. The van der Waals surface area contributed by atoms with Crippen LogP contribution in [0.4, 0.5) is 0 Å². The van der Waals surface area contributed by atoms with Crippen LogP contribution in [0.3, 0.4) is 0 Å². The molecule has 0 saturated heterocycles. The van der Waals surface area contributed by atoms with Gasteiger partial charge in [0.15, 0.2) is 0 Å². The third-order valence-electron chi connectivity index (χ3n) is 2.70. The standard InChI is InChI=1S/C10H21N3O/c1-3-9(6-11)13(2)7-10(14)12-8-4-5-8/h8-9H,3-7,11H2,1-2H3,(H,12,14). The number of hydrogen-bond donors (Lipinski definition) is 2. The number of nitrogens with two attached hydrogens (primary N) is 1. The third kappa shape index (κ3) is 3.64. The normalized spacial score (nSPS) is 18.3. The van der Waals surface area contributed by atoms with Gasteiger partial charge >= 0.3 is 0 Å². The fourth-order valence-electron chi connectivity index (χ4n) is 1.51. The van der Waals surface area contributed by atoms with Crippen molar-refractivity contribution in [1.82, 2.24) is 10.2 Å². The zero-order valence-corrected chi connectivity index (χ0v) is 9.12. The summed E-state index contributed by atoms with van der Waals surface area (Å²) in [7, 11) is 1.95. The Balaban J connectivity index is 2.22. The van der Waals surface area contributed by atoms with Gasteiger partial charge in [-0.15, -0.1) is 0 Å². The van der Waals surface area contributed by atoms with E-state index in [0.29, 0.717) is 25.2 Å². The molecule has 1 amide bonds. The van der Waals surface area contributed by atoms with E-state index in [-0.39, 0.29) is 5.91 Å². The fourth-order valence-corrected chi connectivity index (χ4v) is 1.51. The van der Waals surface area contributed by atoms with Crippen molar-refractivity contribution in [2.45, 2.75) is 38.3 Å². The molecule has 1 aliphatic rings. The van der Waals surface area contributed by atoms with Gasteiger partial charge in [-0.3, -0.25) is 9.69 Å². The summed E-state index contributed by atoms with van der Waals surface area (Å²) in [6.07, 6.45) is 3.27. The second kappa shape index (κ2) is 5.32. The lowest BCUT2D eigenvalue weighted by Gasteiger charge is -2.25. The van der Waals surface area contributed by atoms with Crippen LogP contribution in [0, 0.1) is 0 Å². The first-order valence-electron chi connectivity index (χ1n) is 5.37. The summed E-state index contributed by atoms with van der Waals surface area (Å²) < 4.78 is 0. The molecule has 1 unspecified atom stereocenters. The van der Waals surface area contributed by atoms with Crippen LogP contribution in [0.25, 0.3) is 0 Å². The molecule has 1 rings (SSSR count). The van der Waals surface area contributed by atoms with Crippen molar-refractivity contribution in [1.29, 1.82) is 0 Å². The molecule has 14 heavy (non-hydrogen) atoms. The Labute approximate surface area is 85.8 Å². The van der Waals surface area contributed by atoms with Crippen molar-refractivity contribution >= 4 is 5.91 Å². The summed E-state index contributed by atoms with van der Waals surface area (Å²) in [5.74, 6) is 0.127. The van der Waals surface area contributed by atoms with E-state index in [0.717, 1.165) is 19.3 Å². The molecule has 0 spiro atoms. The molecular formula is C10H21N3O. The number of nitrogens with one attached hydrogen (secondary N) is 1. The van der Waals surface area contributed by atoms with Crippen LogP contribution in [0.1, 0.15) is 26.2 Å². The molecule has 4 heteroatoms. The van der Waals surface area contributed by atoms with Crippen LogP contribution >= 0.6 is 0 Å². The first kappa shape index (κ1) is 11.5. The van der Waals surface area contributed by atoms with Crippen LogP contribution in [0.2, 0.25) is 0 Å². The van der Waals surface area contributed by atoms with E-state index in [1.54, 1.807) is 0 Å². The van der Waals surface area contributed by atoms with Gasteiger partial charge in [0.25, 0.3) is 0 Å². The van der Waals surface area contributed by atoms with E-state index in [9.17, 15) is 4.79 Å². The first-order valence-corrected chi connectivity index (χ1v) is 5.37. The molecule has 1 saturated carbocycles. The maximum Gasteiger partial charge on any atom is 0.234 e. The highest BCUT2D eigenvalue weighted by Gasteiger charge is 2.24. The maximum absolute atomic E-state index is 11.4. The quantitative estimate of drug-likeness (QED) is 0.630. The van der Waals surface area contributed by atoms with Crippen molar-refractivity contribution in [2.75, 3.05) is 20.1 Å². The molecule has 0 radical (unpaired) electrons. The zero-order valence-electron chi connectivity index (χ0n) is 9.12. The number of nitrogens with zero attached hydrogens (tertiary/aromatic N) is 1. The number of hydrogen-bond acceptors (Lipinski definition) is 3. The van der Waals surface area contributed by atoms with E-state index < -0.39 is 0 Å². The summed E-state index contributed by atoms with van der Waals surface area (Å²) in [6.45, 7) is 3.17. The van der Waals surface area contributed by atoms with Gasteiger partial charge in [-0.1, -0.05) is 6.92 Å². The molecule has 0 aromatic carbocycles. The lowest BCUT2D eigenvalue weighted by molar-refractivity contribution is -0.122. The van der Waals surface area contributed by atoms with Gasteiger partial charge in [0.05, 0.1) is 6.54 Å². The van der Waals surface area contributed by atoms with Gasteiger partial charge in [0.1, 0.15) is 0 Å². The third-order valence-corrected chi connectivity index (χ3v) is 2.70. The molecule has 0 bridgehead atoms. The number of carbonyl (C=O) groups excluding carboxylic acids is 1. The second-order valence-electron chi connectivity index (χ2n) is 4.05. The van der Waals surface area contributed by atoms with E-state index in [4.69, 9.17) is 5.73 Å². The van der Waals surface area contributed by atoms with Crippen molar-refractivity contribution in [3.05, 3.63) is 0 Å². The number of amides is 1. The SMILES string of the molecule is CCC(CN)N(C)CC(=O)NC1CC1. The lowest BCUT2D eigenvalue weighted by atomic mass is 10.2. The average molecular weight is 199 g/mol. The molecule has 0 aromatic rings. The number of rotatable bonds is 6. The molecule has 1 atom stereocenters. The van der Waals surface area contributed by atoms with E-state index in [1.807, 2.05) is 11.9 Å². The van der Waals surface area contributed by atoms with Gasteiger partial charge in [0.2, 0.25) is 5.91 Å². The molecule has 82 valence electrons. The topological polar surface area (TPSA) is 58.4 Å². The van der Waals surface area contributed by atoms with Crippen molar-refractivity contribution in [3.63, 3.8) is 0 Å². The zero-order chi connectivity index (χ0) is 10.6. The van der Waals surface area contributed by atoms with Gasteiger partial charge in [0, 0.05) is 18.6 Å². The minimum Gasteiger partial charge on any atom is -0.352 e. The van der Waals surface area contributed by atoms with Crippen LogP contribution < -0.4 is 11.1 Å². The Morgan fingerprint density at radius 1 is 1.64 bits per heavy atom. The van der Waals surface area contributed by atoms with Crippen LogP contribution in [0.15, 0.2) is 0 Å². The number of carbonyl (C=O) groups is 1. The van der Waals surface area contributed by atoms with E-state index in [1.165, 1.54) is 0 Å². The molecule has 1 fully saturated rings. The van der Waals surface area contributed by atoms with Gasteiger partial charge in [-0.05, 0) is 26.3 Å². The Morgan fingerprint density at radius 3 is 2.71 bits per heavy atom. The molecular weight excluding hydrogens is 178 g/mol. The molecule has 1 aliphatic carbocycles. The van der Waals surface area contributed by atoms with Gasteiger partial charge in [-0.25, -0.2) is 0 Å². The minimum absolute atomic E-state index is 0.127. The first-order chi connectivity index (χ1) is 6.67. The Hall–Kier alpha value is -0.610. The number of likely N-dealkylation sites (N-methyl/N-ethyl adjacent to an activating group) is 1. The summed E-state index contributed by atoms with van der Waals surface area (Å²) in [5.41, 5.74) is 5.60. The fraction of sp³-hybridized carbons (Fsp3) is 0.900.